The number of benzene rings is 1. The first-order valence-electron chi connectivity index (χ1n) is 5.73. The lowest BCUT2D eigenvalue weighted by Gasteiger charge is -2.06. The fourth-order valence-corrected chi connectivity index (χ4v) is 4.03. The van der Waals surface area contributed by atoms with Gasteiger partial charge in [0, 0.05) is 6.04 Å². The molecule has 0 aliphatic carbocycles. The average molecular weight is 255 g/mol. The average Bonchev–Trinajstić information content (AvgIpc) is 3.03. The van der Waals surface area contributed by atoms with Crippen LogP contribution in [0, 0.1) is 6.92 Å². The lowest BCUT2D eigenvalue weighted by molar-refractivity contribution is 0.286. The van der Waals surface area contributed by atoms with E-state index >= 15 is 0 Å². The molecule has 0 bridgehead atoms. The second-order valence-corrected chi connectivity index (χ2v) is 6.22. The van der Waals surface area contributed by atoms with Gasteiger partial charge in [-0.05, 0) is 25.5 Å². The molecule has 2 rings (SSSR count). The molecule has 1 saturated heterocycles. The number of hydrogen-bond acceptors (Lipinski definition) is 3. The highest BCUT2D eigenvalue weighted by molar-refractivity contribution is 7.89. The second-order valence-electron chi connectivity index (χ2n) is 4.37. The van der Waals surface area contributed by atoms with Crippen molar-refractivity contribution in [3.8, 4) is 0 Å². The number of hydrogen-bond donors (Lipinski definition) is 1. The number of aliphatic hydroxyl groups is 1. The maximum Gasteiger partial charge on any atom is 0.243 e. The molecule has 1 unspecified atom stereocenters. The van der Waals surface area contributed by atoms with Gasteiger partial charge < -0.3 is 5.11 Å². The molecule has 3 atom stereocenters. The number of nitrogens with zero attached hydrogens (tertiary/aromatic N) is 1. The lowest BCUT2D eigenvalue weighted by atomic mass is 10.2. The van der Waals surface area contributed by atoms with E-state index in [1.54, 1.807) is 24.3 Å². The molecule has 5 heteroatoms. The predicted molar refractivity (Wildman–Crippen MR) is 65.2 cm³/mol. The Hall–Kier alpha value is -0.910. The molecule has 1 aliphatic heterocycles. The Morgan fingerprint density at radius 2 is 1.82 bits per heavy atom. The smallest absolute Gasteiger partial charge is 0.243 e. The highest BCUT2D eigenvalue weighted by Crippen LogP contribution is 2.37. The first-order valence-corrected chi connectivity index (χ1v) is 7.17. The van der Waals surface area contributed by atoms with Crippen LogP contribution in [-0.4, -0.2) is 36.5 Å². The summed E-state index contributed by atoms with van der Waals surface area (Å²) in [5.74, 6) is 0. The molecule has 0 aromatic heterocycles. The summed E-state index contributed by atoms with van der Waals surface area (Å²) in [6.07, 6.45) is 0.732. The SMILES string of the molecule is CC[C@H]1[C@@H](CO)N1S(=O)(=O)c1ccc(C)cc1. The molecular formula is C12H17NO3S. The normalized spacial score (nSPS) is 28.1. The summed E-state index contributed by atoms with van der Waals surface area (Å²) in [6.45, 7) is 3.74. The second kappa shape index (κ2) is 4.40. The molecule has 1 N–H and O–H groups in total. The molecule has 0 amide bonds. The first-order chi connectivity index (χ1) is 8.02. The molecule has 0 saturated carbocycles. The zero-order chi connectivity index (χ0) is 12.6. The van der Waals surface area contributed by atoms with Gasteiger partial charge >= 0.3 is 0 Å². The van der Waals surface area contributed by atoms with E-state index in [0.717, 1.165) is 12.0 Å². The number of rotatable bonds is 4. The number of aryl methyl sites for hydroxylation is 1. The Morgan fingerprint density at radius 3 is 2.24 bits per heavy atom. The van der Waals surface area contributed by atoms with Crippen molar-refractivity contribution in [2.24, 2.45) is 0 Å². The molecule has 1 aliphatic rings. The van der Waals surface area contributed by atoms with Gasteiger partial charge in [-0.3, -0.25) is 0 Å². The lowest BCUT2D eigenvalue weighted by Crippen LogP contribution is -2.16. The molecule has 0 spiro atoms. The summed E-state index contributed by atoms with van der Waals surface area (Å²) in [6, 6.07) is 6.50. The Balaban J connectivity index is 2.29. The molecule has 4 nitrogen and oxygen atoms in total. The van der Waals surface area contributed by atoms with Crippen LogP contribution in [0.5, 0.6) is 0 Å². The van der Waals surface area contributed by atoms with Crippen LogP contribution < -0.4 is 0 Å². The molecule has 1 aromatic carbocycles. The van der Waals surface area contributed by atoms with Crippen molar-refractivity contribution in [2.75, 3.05) is 6.61 Å². The van der Waals surface area contributed by atoms with Gasteiger partial charge in [-0.2, -0.15) is 4.31 Å². The van der Waals surface area contributed by atoms with E-state index in [1.165, 1.54) is 4.31 Å². The van der Waals surface area contributed by atoms with E-state index in [-0.39, 0.29) is 18.7 Å². The van der Waals surface area contributed by atoms with Crippen LogP contribution in [0.25, 0.3) is 0 Å². The summed E-state index contributed by atoms with van der Waals surface area (Å²) in [5, 5.41) is 9.13. The fraction of sp³-hybridized carbons (Fsp3) is 0.500. The summed E-state index contributed by atoms with van der Waals surface area (Å²) >= 11 is 0. The van der Waals surface area contributed by atoms with E-state index in [9.17, 15) is 8.42 Å². The highest BCUT2D eigenvalue weighted by Gasteiger charge is 2.53. The van der Waals surface area contributed by atoms with Gasteiger partial charge in [0.1, 0.15) is 0 Å². The van der Waals surface area contributed by atoms with Crippen molar-refractivity contribution >= 4 is 10.0 Å². The molecule has 94 valence electrons. The molecule has 1 heterocycles. The topological polar surface area (TPSA) is 57.4 Å². The maximum absolute atomic E-state index is 12.3. The summed E-state index contributed by atoms with van der Waals surface area (Å²) in [5.41, 5.74) is 1.03. The monoisotopic (exact) mass is 255 g/mol. The van der Waals surface area contributed by atoms with Crippen molar-refractivity contribution in [1.82, 2.24) is 4.31 Å². The highest BCUT2D eigenvalue weighted by atomic mass is 32.2. The van der Waals surface area contributed by atoms with E-state index in [1.807, 2.05) is 13.8 Å². The summed E-state index contributed by atoms with van der Waals surface area (Å²) in [7, 11) is -3.43. The van der Waals surface area contributed by atoms with Crippen molar-refractivity contribution in [2.45, 2.75) is 37.2 Å². The van der Waals surface area contributed by atoms with Crippen LogP contribution in [0.4, 0.5) is 0 Å². The Kier molecular flexibility index (Phi) is 3.25. The van der Waals surface area contributed by atoms with Gasteiger partial charge in [-0.1, -0.05) is 24.6 Å². The van der Waals surface area contributed by atoms with E-state index in [4.69, 9.17) is 5.11 Å². The summed E-state index contributed by atoms with van der Waals surface area (Å²) < 4.78 is 25.9. The van der Waals surface area contributed by atoms with Gasteiger partial charge in [-0.25, -0.2) is 8.42 Å². The Bertz CT molecular complexity index is 485. The van der Waals surface area contributed by atoms with Gasteiger partial charge in [0.2, 0.25) is 10.0 Å². The van der Waals surface area contributed by atoms with Crippen LogP contribution in [0.2, 0.25) is 0 Å². The predicted octanol–water partition coefficient (Wildman–Crippen LogP) is 1.14. The maximum atomic E-state index is 12.3. The van der Waals surface area contributed by atoms with Crippen LogP contribution in [-0.2, 0) is 10.0 Å². The molecule has 1 aromatic rings. The molecule has 0 radical (unpaired) electrons. The number of aliphatic hydroxyl groups excluding tert-OH is 1. The van der Waals surface area contributed by atoms with Gasteiger partial charge in [0.05, 0.1) is 17.5 Å². The standard InChI is InChI=1S/C12H17NO3S/c1-3-11-12(8-14)13(11)17(15,16)10-6-4-9(2)5-7-10/h4-7,11-12,14H,3,8H2,1-2H3/t11-,12+,13?/m0/s1. The van der Waals surface area contributed by atoms with Gasteiger partial charge in [0.25, 0.3) is 0 Å². The molecular weight excluding hydrogens is 238 g/mol. The minimum atomic E-state index is -3.43. The summed E-state index contributed by atoms with van der Waals surface area (Å²) in [4.78, 5) is 0.303. The molecule has 17 heavy (non-hydrogen) atoms. The van der Waals surface area contributed by atoms with E-state index in [0.29, 0.717) is 4.90 Å². The minimum Gasteiger partial charge on any atom is -0.395 e. The van der Waals surface area contributed by atoms with Crippen LogP contribution >= 0.6 is 0 Å². The fourth-order valence-electron chi connectivity index (χ4n) is 2.15. The Labute approximate surface area is 102 Å². The first kappa shape index (κ1) is 12.5. The van der Waals surface area contributed by atoms with Crippen LogP contribution in [0.15, 0.2) is 29.2 Å². The van der Waals surface area contributed by atoms with Crippen molar-refractivity contribution in [1.29, 1.82) is 0 Å². The van der Waals surface area contributed by atoms with Gasteiger partial charge in [-0.15, -0.1) is 0 Å². The van der Waals surface area contributed by atoms with Gasteiger partial charge in [0.15, 0.2) is 0 Å². The van der Waals surface area contributed by atoms with Crippen molar-refractivity contribution < 1.29 is 13.5 Å². The zero-order valence-corrected chi connectivity index (χ0v) is 10.8. The van der Waals surface area contributed by atoms with Crippen molar-refractivity contribution in [3.63, 3.8) is 0 Å². The third-order valence-electron chi connectivity index (χ3n) is 3.21. The van der Waals surface area contributed by atoms with E-state index in [2.05, 4.69) is 0 Å². The molecule has 1 fully saturated rings. The third-order valence-corrected chi connectivity index (χ3v) is 5.17. The quantitative estimate of drug-likeness (QED) is 0.821. The van der Waals surface area contributed by atoms with Crippen LogP contribution in [0.3, 0.4) is 0 Å². The zero-order valence-electron chi connectivity index (χ0n) is 10.00. The van der Waals surface area contributed by atoms with Crippen LogP contribution in [0.1, 0.15) is 18.9 Å². The van der Waals surface area contributed by atoms with E-state index < -0.39 is 10.0 Å². The third kappa shape index (κ3) is 2.10. The van der Waals surface area contributed by atoms with Crippen molar-refractivity contribution in [3.05, 3.63) is 29.8 Å². The number of sulfonamides is 1. The minimum absolute atomic E-state index is 0.0497. The largest absolute Gasteiger partial charge is 0.395 e. The Morgan fingerprint density at radius 1 is 1.24 bits per heavy atom.